The number of hydrogen-bond donors (Lipinski definition) is 0. The lowest BCUT2D eigenvalue weighted by atomic mass is 10.1. The Morgan fingerprint density at radius 3 is 2.75 bits per heavy atom. The van der Waals surface area contributed by atoms with Gasteiger partial charge in [0, 0.05) is 12.5 Å². The molecule has 1 aromatic carbocycles. The van der Waals surface area contributed by atoms with Crippen LogP contribution in [0.3, 0.4) is 0 Å². The van der Waals surface area contributed by atoms with Crippen LogP contribution in [0.4, 0.5) is 0 Å². The van der Waals surface area contributed by atoms with Gasteiger partial charge < -0.3 is 4.74 Å². The highest BCUT2D eigenvalue weighted by molar-refractivity contribution is 5.26. The molecule has 64 valence electrons. The molecular formula is C11H14O. The van der Waals surface area contributed by atoms with E-state index in [1.165, 1.54) is 12.0 Å². The highest BCUT2D eigenvalue weighted by Crippen LogP contribution is 2.42. The number of hydrogen-bond acceptors (Lipinski definition) is 1. The van der Waals surface area contributed by atoms with E-state index < -0.39 is 0 Å². The van der Waals surface area contributed by atoms with Crippen LogP contribution in [-0.2, 0) is 4.74 Å². The maximum Gasteiger partial charge on any atom is 0.0651 e. The summed E-state index contributed by atoms with van der Waals surface area (Å²) < 4.78 is 5.52. The van der Waals surface area contributed by atoms with E-state index >= 15 is 0 Å². The van der Waals surface area contributed by atoms with Crippen molar-refractivity contribution in [2.45, 2.75) is 25.4 Å². The number of benzene rings is 1. The Morgan fingerprint density at radius 2 is 2.08 bits per heavy atom. The highest BCUT2D eigenvalue weighted by Gasteiger charge is 2.38. The standard InChI is InChI=1S/C11H14O/c1-2-12-11-8-10(11)9-6-4-3-5-7-9/h3-7,10-11H,2,8H2,1H3/t10-,11+/m1/s1. The first-order chi connectivity index (χ1) is 5.92. The van der Waals surface area contributed by atoms with Gasteiger partial charge in [-0.05, 0) is 18.9 Å². The van der Waals surface area contributed by atoms with Gasteiger partial charge in [0.15, 0.2) is 0 Å². The summed E-state index contributed by atoms with van der Waals surface area (Å²) >= 11 is 0. The molecule has 1 aliphatic rings. The molecule has 0 aromatic heterocycles. The smallest absolute Gasteiger partial charge is 0.0651 e. The van der Waals surface area contributed by atoms with Gasteiger partial charge in [-0.1, -0.05) is 30.3 Å². The van der Waals surface area contributed by atoms with Crippen LogP contribution >= 0.6 is 0 Å². The number of ether oxygens (including phenoxy) is 1. The third-order valence-electron chi connectivity index (χ3n) is 2.34. The SMILES string of the molecule is CCO[C@H]1C[C@@H]1c1ccccc1. The molecule has 12 heavy (non-hydrogen) atoms. The average molecular weight is 162 g/mol. The summed E-state index contributed by atoms with van der Waals surface area (Å²) in [6.07, 6.45) is 1.70. The molecule has 0 spiro atoms. The van der Waals surface area contributed by atoms with Crippen molar-refractivity contribution in [2.75, 3.05) is 6.61 Å². The Kier molecular flexibility index (Phi) is 2.13. The van der Waals surface area contributed by atoms with Gasteiger partial charge >= 0.3 is 0 Å². The minimum atomic E-state index is 0.498. The van der Waals surface area contributed by atoms with Gasteiger partial charge in [0.1, 0.15) is 0 Å². The van der Waals surface area contributed by atoms with Crippen LogP contribution in [-0.4, -0.2) is 12.7 Å². The zero-order valence-corrected chi connectivity index (χ0v) is 7.36. The summed E-state index contributed by atoms with van der Waals surface area (Å²) in [4.78, 5) is 0. The molecule has 1 aliphatic carbocycles. The zero-order valence-electron chi connectivity index (χ0n) is 7.36. The first-order valence-corrected chi connectivity index (χ1v) is 4.58. The predicted octanol–water partition coefficient (Wildman–Crippen LogP) is 2.58. The second kappa shape index (κ2) is 3.28. The fourth-order valence-electron chi connectivity index (χ4n) is 1.62. The fourth-order valence-corrected chi connectivity index (χ4v) is 1.62. The molecule has 1 saturated carbocycles. The highest BCUT2D eigenvalue weighted by atomic mass is 16.5. The van der Waals surface area contributed by atoms with Gasteiger partial charge in [0.05, 0.1) is 6.10 Å². The van der Waals surface area contributed by atoms with E-state index in [1.807, 2.05) is 0 Å². The van der Waals surface area contributed by atoms with E-state index in [9.17, 15) is 0 Å². The van der Waals surface area contributed by atoms with E-state index in [0.717, 1.165) is 6.61 Å². The lowest BCUT2D eigenvalue weighted by Gasteiger charge is -1.99. The van der Waals surface area contributed by atoms with Crippen molar-refractivity contribution in [3.05, 3.63) is 35.9 Å². The van der Waals surface area contributed by atoms with Gasteiger partial charge in [0.25, 0.3) is 0 Å². The molecule has 1 heteroatoms. The normalized spacial score (nSPS) is 27.1. The Hall–Kier alpha value is -0.820. The monoisotopic (exact) mass is 162 g/mol. The molecule has 0 unspecified atom stereocenters. The van der Waals surface area contributed by atoms with Gasteiger partial charge in [-0.25, -0.2) is 0 Å². The summed E-state index contributed by atoms with van der Waals surface area (Å²) in [5, 5.41) is 0. The molecule has 1 nitrogen and oxygen atoms in total. The van der Waals surface area contributed by atoms with Gasteiger partial charge in [0.2, 0.25) is 0 Å². The summed E-state index contributed by atoms with van der Waals surface area (Å²) in [6, 6.07) is 10.6. The Morgan fingerprint density at radius 1 is 1.33 bits per heavy atom. The van der Waals surface area contributed by atoms with Crippen LogP contribution in [0.5, 0.6) is 0 Å². The summed E-state index contributed by atoms with van der Waals surface area (Å²) in [6.45, 7) is 2.90. The Balaban J connectivity index is 1.97. The summed E-state index contributed by atoms with van der Waals surface area (Å²) in [5.41, 5.74) is 1.43. The lowest BCUT2D eigenvalue weighted by molar-refractivity contribution is 0.128. The quantitative estimate of drug-likeness (QED) is 0.663. The molecule has 0 amide bonds. The lowest BCUT2D eigenvalue weighted by Crippen LogP contribution is -1.94. The fraction of sp³-hybridized carbons (Fsp3) is 0.455. The topological polar surface area (TPSA) is 9.23 Å². The molecule has 1 aromatic rings. The molecule has 0 N–H and O–H groups in total. The van der Waals surface area contributed by atoms with Crippen molar-refractivity contribution >= 4 is 0 Å². The Bertz CT molecular complexity index is 242. The van der Waals surface area contributed by atoms with Gasteiger partial charge in [-0.2, -0.15) is 0 Å². The van der Waals surface area contributed by atoms with Crippen molar-refractivity contribution in [3.63, 3.8) is 0 Å². The molecule has 0 radical (unpaired) electrons. The molecule has 2 rings (SSSR count). The third-order valence-corrected chi connectivity index (χ3v) is 2.34. The first kappa shape index (κ1) is 7.81. The van der Waals surface area contributed by atoms with Crippen LogP contribution in [0.1, 0.15) is 24.8 Å². The minimum absolute atomic E-state index is 0.498. The van der Waals surface area contributed by atoms with Crippen LogP contribution in [0.15, 0.2) is 30.3 Å². The molecule has 0 aliphatic heterocycles. The maximum atomic E-state index is 5.52. The van der Waals surface area contributed by atoms with Crippen molar-refractivity contribution in [2.24, 2.45) is 0 Å². The molecule has 0 bridgehead atoms. The maximum absolute atomic E-state index is 5.52. The molecule has 2 atom stereocenters. The molecule has 1 fully saturated rings. The second-order valence-corrected chi connectivity index (χ2v) is 3.25. The van der Waals surface area contributed by atoms with E-state index in [-0.39, 0.29) is 0 Å². The van der Waals surface area contributed by atoms with E-state index in [4.69, 9.17) is 4.74 Å². The van der Waals surface area contributed by atoms with E-state index in [2.05, 4.69) is 37.3 Å². The van der Waals surface area contributed by atoms with Crippen molar-refractivity contribution < 1.29 is 4.74 Å². The zero-order chi connectivity index (χ0) is 8.39. The van der Waals surface area contributed by atoms with Gasteiger partial charge in [-0.3, -0.25) is 0 Å². The van der Waals surface area contributed by atoms with E-state index in [0.29, 0.717) is 12.0 Å². The third kappa shape index (κ3) is 1.51. The van der Waals surface area contributed by atoms with Crippen molar-refractivity contribution in [3.8, 4) is 0 Å². The molecule has 0 saturated heterocycles. The van der Waals surface area contributed by atoms with Crippen LogP contribution in [0, 0.1) is 0 Å². The summed E-state index contributed by atoms with van der Waals surface area (Å²) in [7, 11) is 0. The van der Waals surface area contributed by atoms with Crippen LogP contribution in [0.2, 0.25) is 0 Å². The molecule has 0 heterocycles. The predicted molar refractivity (Wildman–Crippen MR) is 49.2 cm³/mol. The molecular weight excluding hydrogens is 148 g/mol. The van der Waals surface area contributed by atoms with Crippen LogP contribution < -0.4 is 0 Å². The first-order valence-electron chi connectivity index (χ1n) is 4.58. The van der Waals surface area contributed by atoms with Gasteiger partial charge in [-0.15, -0.1) is 0 Å². The second-order valence-electron chi connectivity index (χ2n) is 3.25. The number of rotatable bonds is 3. The van der Waals surface area contributed by atoms with Crippen LogP contribution in [0.25, 0.3) is 0 Å². The average Bonchev–Trinajstić information content (AvgIpc) is 2.87. The largest absolute Gasteiger partial charge is 0.378 e. The summed E-state index contributed by atoms with van der Waals surface area (Å²) in [5.74, 6) is 0.672. The van der Waals surface area contributed by atoms with E-state index in [1.54, 1.807) is 0 Å². The van der Waals surface area contributed by atoms with Crippen molar-refractivity contribution in [1.29, 1.82) is 0 Å². The van der Waals surface area contributed by atoms with Crippen molar-refractivity contribution in [1.82, 2.24) is 0 Å². The Labute approximate surface area is 73.4 Å². The minimum Gasteiger partial charge on any atom is -0.378 e.